The van der Waals surface area contributed by atoms with Crippen LogP contribution in [0.4, 0.5) is 0 Å². The molecule has 5 aliphatic heterocycles. The number of carbonyl (C=O) groups is 2. The fourth-order valence-corrected chi connectivity index (χ4v) is 17.5. The molecule has 5 saturated heterocycles. The van der Waals surface area contributed by atoms with Crippen LogP contribution >= 0.6 is 0 Å². The van der Waals surface area contributed by atoms with Crippen molar-refractivity contribution in [3.63, 3.8) is 0 Å². The summed E-state index contributed by atoms with van der Waals surface area (Å²) >= 11 is 0. The SMILES string of the molecule is C[C@@H]1O[C@@H](O[C@H]2[C@H](O[C@H]3CC[C@]4(C)[C@H]5CCC6=C7C(=O)[C@@](C)(CO)CC[C@]7(C(=O)O[C@@H]7O[C@H](CO)[C@@H](O)[C@H](O)[C@H]7O)CC[C@@]6(C)[C@]5(C)CC[C@H]4C3(C)C)OC[C@H](O)[C@@H]2O[C@@H]2O[C@H](CO)[C@@H](O)[C@H](O)[C@H]2O[C@@H]2O[C@H](CO)[C@@H](O)[C@H](O)[C@H]2O)[C@H](O)[C@H](O)[C@H]1O. The van der Waals surface area contributed by atoms with Crippen molar-refractivity contribution >= 4 is 11.8 Å². The first kappa shape index (κ1) is 67.8. The summed E-state index contributed by atoms with van der Waals surface area (Å²) in [5.41, 5.74) is -3.74. The van der Waals surface area contributed by atoms with Crippen LogP contribution in [-0.2, 0) is 57.0 Å². The zero-order valence-corrected chi connectivity index (χ0v) is 50.2. The van der Waals surface area contributed by atoms with Gasteiger partial charge >= 0.3 is 5.97 Å². The molecule has 5 aliphatic carbocycles. The zero-order valence-electron chi connectivity index (χ0n) is 50.2. The van der Waals surface area contributed by atoms with Gasteiger partial charge in [-0.2, -0.15) is 0 Å². The molecular weight excluding hydrogens is 1160 g/mol. The molecule has 28 nitrogen and oxygen atoms in total. The van der Waals surface area contributed by atoms with Crippen LogP contribution in [0.25, 0.3) is 0 Å². The summed E-state index contributed by atoms with van der Waals surface area (Å²) in [7, 11) is 0. The Kier molecular flexibility index (Phi) is 19.5. The Bertz CT molecular complexity index is 2490. The molecule has 10 rings (SSSR count). The Balaban J connectivity index is 0.932. The Morgan fingerprint density at radius 1 is 0.517 bits per heavy atom. The number of ketones is 1. The van der Waals surface area contributed by atoms with Crippen molar-refractivity contribution in [2.24, 2.45) is 44.3 Å². The first-order chi connectivity index (χ1) is 40.8. The van der Waals surface area contributed by atoms with Gasteiger partial charge in [0, 0.05) is 5.57 Å². The van der Waals surface area contributed by atoms with E-state index in [4.69, 9.17) is 47.4 Å². The quantitative estimate of drug-likeness (QED) is 0.0579. The molecule has 28 heteroatoms. The van der Waals surface area contributed by atoms with Gasteiger partial charge in [-0.1, -0.05) is 47.1 Å². The number of hydrogen-bond donors (Lipinski definition) is 16. The molecule has 10 aliphatic rings. The van der Waals surface area contributed by atoms with Gasteiger partial charge in [-0.3, -0.25) is 9.59 Å². The summed E-state index contributed by atoms with van der Waals surface area (Å²) in [6, 6.07) is 0. The van der Waals surface area contributed by atoms with Crippen LogP contribution in [0.3, 0.4) is 0 Å². The summed E-state index contributed by atoms with van der Waals surface area (Å²) in [6.07, 6.45) is -37.5. The van der Waals surface area contributed by atoms with Crippen LogP contribution < -0.4 is 0 Å². The van der Waals surface area contributed by atoms with Crippen LogP contribution in [0.5, 0.6) is 0 Å². The van der Waals surface area contributed by atoms with E-state index < -0.39 is 220 Å². The van der Waals surface area contributed by atoms with Crippen LogP contribution in [0.15, 0.2) is 11.1 Å². The highest BCUT2D eigenvalue weighted by molar-refractivity contribution is 6.08. The number of ether oxygens (including phenoxy) is 10. The minimum atomic E-state index is -2.00. The number of carbonyl (C=O) groups excluding carboxylic acids is 2. The minimum absolute atomic E-state index is 0.0364. The maximum Gasteiger partial charge on any atom is 0.319 e. The third kappa shape index (κ3) is 11.0. The van der Waals surface area contributed by atoms with Gasteiger partial charge in [-0.05, 0) is 105 Å². The molecular formula is C59H94O28. The molecule has 0 aromatic carbocycles. The number of esters is 1. The Hall–Kier alpha value is -2.12. The van der Waals surface area contributed by atoms with E-state index in [-0.39, 0.29) is 42.3 Å². The van der Waals surface area contributed by atoms with Gasteiger partial charge in [0.05, 0.1) is 56.1 Å². The van der Waals surface area contributed by atoms with Crippen molar-refractivity contribution in [1.29, 1.82) is 0 Å². The summed E-state index contributed by atoms with van der Waals surface area (Å²) in [6.45, 7) is 10.6. The summed E-state index contributed by atoms with van der Waals surface area (Å²) < 4.78 is 61.1. The first-order valence-corrected chi connectivity index (χ1v) is 30.8. The fourth-order valence-electron chi connectivity index (χ4n) is 17.5. The van der Waals surface area contributed by atoms with Crippen molar-refractivity contribution in [3.8, 4) is 0 Å². The third-order valence-corrected chi connectivity index (χ3v) is 23.2. The highest BCUT2D eigenvalue weighted by Crippen LogP contribution is 2.76. The Morgan fingerprint density at radius 2 is 1.05 bits per heavy atom. The van der Waals surface area contributed by atoms with Gasteiger partial charge in [0.25, 0.3) is 0 Å². The third-order valence-electron chi connectivity index (χ3n) is 23.2. The van der Waals surface area contributed by atoms with Gasteiger partial charge in [-0.25, -0.2) is 0 Å². The van der Waals surface area contributed by atoms with E-state index in [2.05, 4.69) is 34.6 Å². The average Bonchev–Trinajstić information content (AvgIpc) is 0.678. The highest BCUT2D eigenvalue weighted by Gasteiger charge is 2.71. The number of aliphatic hydroxyl groups excluding tert-OH is 16. The number of fused-ring (bicyclic) bond motifs is 6. The van der Waals surface area contributed by atoms with Gasteiger partial charge < -0.3 is 129 Å². The molecule has 9 fully saturated rings. The standard InChI is InChI=1S/C59H94O28/c1-23-33(65)37(69)41(73)48(79-23)86-46-44(84-52-45(40(72)36(68)28(20-62)82-52)85-49-42(74)38(70)34(66)26(18-60)80-49)25(64)21-78-51(46)83-31-11-12-56(5)29(54(31,2)3)10-13-58(7)30(56)9-8-24-32-47(76)55(4,22-63)14-16-59(32,17-15-57(24,58)6)53(77)87-50-43(75)39(71)35(67)27(19-61)81-50/h23,25-31,33-46,48-52,60-75H,8-22H2,1-7H3/t23-,25-,26+,27+,28+,29-,30+,31-,33-,34+,35+,36+,37+,38-,39-,40-,41+,42+,43+,44-,45+,46+,48-,49-,50-,51-,52-,55+,56-,57+,58+,59-/m0/s1. The molecule has 498 valence electrons. The number of allylic oxidation sites excluding steroid dienone is 1. The molecule has 0 amide bonds. The Labute approximate surface area is 503 Å². The predicted molar refractivity (Wildman–Crippen MR) is 290 cm³/mol. The second-order valence-corrected chi connectivity index (χ2v) is 28.2. The van der Waals surface area contributed by atoms with Gasteiger partial charge in [0.1, 0.15) is 110 Å². The number of rotatable bonds is 14. The van der Waals surface area contributed by atoms with Crippen LogP contribution in [-0.4, -0.2) is 280 Å². The number of Topliss-reactive ketones (excluding diaryl/α,β-unsaturated/α-hetero) is 1. The lowest BCUT2D eigenvalue weighted by Gasteiger charge is -2.71. The smallest absolute Gasteiger partial charge is 0.319 e. The Morgan fingerprint density at radius 3 is 1.66 bits per heavy atom. The molecule has 0 aromatic heterocycles. The molecule has 32 atom stereocenters. The summed E-state index contributed by atoms with van der Waals surface area (Å²) in [5.74, 6) is -1.19. The molecule has 0 aromatic rings. The van der Waals surface area contributed by atoms with E-state index in [0.717, 1.165) is 5.57 Å². The normalized spacial score (nSPS) is 53.6. The van der Waals surface area contributed by atoms with Crippen molar-refractivity contribution in [2.45, 2.75) is 266 Å². The van der Waals surface area contributed by atoms with Gasteiger partial charge in [0.2, 0.25) is 6.29 Å². The first-order valence-electron chi connectivity index (χ1n) is 30.8. The van der Waals surface area contributed by atoms with E-state index in [1.165, 1.54) is 6.92 Å². The molecule has 4 saturated carbocycles. The molecule has 16 N–H and O–H groups in total. The van der Waals surface area contributed by atoms with Crippen molar-refractivity contribution in [3.05, 3.63) is 11.1 Å². The van der Waals surface area contributed by atoms with Crippen molar-refractivity contribution < 1.29 is 139 Å². The average molecular weight is 1250 g/mol. The molecule has 0 unspecified atom stereocenters. The topological polar surface area (TPSA) is 450 Å². The predicted octanol–water partition coefficient (Wildman–Crippen LogP) is -4.25. The van der Waals surface area contributed by atoms with Crippen LogP contribution in [0.1, 0.15) is 113 Å². The van der Waals surface area contributed by atoms with E-state index in [1.807, 2.05) is 0 Å². The molecule has 0 spiro atoms. The van der Waals surface area contributed by atoms with E-state index in [9.17, 15) is 86.5 Å². The largest absolute Gasteiger partial charge is 0.432 e. The maximum absolute atomic E-state index is 15.1. The van der Waals surface area contributed by atoms with Crippen molar-refractivity contribution in [2.75, 3.05) is 33.0 Å². The molecule has 5 heterocycles. The number of aliphatic hydroxyl groups is 16. The lowest BCUT2D eigenvalue weighted by molar-refractivity contribution is -0.401. The lowest BCUT2D eigenvalue weighted by Crippen LogP contribution is -2.67. The minimum Gasteiger partial charge on any atom is -0.432 e. The van der Waals surface area contributed by atoms with Crippen molar-refractivity contribution in [1.82, 2.24) is 0 Å². The van der Waals surface area contributed by atoms with E-state index in [1.54, 1.807) is 6.92 Å². The van der Waals surface area contributed by atoms with E-state index in [0.29, 0.717) is 50.5 Å². The number of hydrogen-bond acceptors (Lipinski definition) is 28. The lowest BCUT2D eigenvalue weighted by atomic mass is 9.34. The van der Waals surface area contributed by atoms with Crippen LogP contribution in [0.2, 0.25) is 0 Å². The second kappa shape index (κ2) is 25.0. The molecule has 87 heavy (non-hydrogen) atoms. The van der Waals surface area contributed by atoms with Crippen LogP contribution in [0, 0.1) is 44.3 Å². The highest BCUT2D eigenvalue weighted by atomic mass is 16.8. The zero-order chi connectivity index (χ0) is 63.6. The molecule has 0 bridgehead atoms. The summed E-state index contributed by atoms with van der Waals surface area (Å²) in [5, 5.41) is 172. The fraction of sp³-hybridized carbons (Fsp3) is 0.932. The second-order valence-electron chi connectivity index (χ2n) is 28.2. The monoisotopic (exact) mass is 1250 g/mol. The van der Waals surface area contributed by atoms with E-state index >= 15 is 4.79 Å². The summed E-state index contributed by atoms with van der Waals surface area (Å²) in [4.78, 5) is 30.0. The van der Waals surface area contributed by atoms with Gasteiger partial charge in [0.15, 0.2) is 30.9 Å². The maximum atomic E-state index is 15.1. The van der Waals surface area contributed by atoms with Gasteiger partial charge in [-0.15, -0.1) is 0 Å². The molecule has 0 radical (unpaired) electrons.